The van der Waals surface area contributed by atoms with Gasteiger partial charge in [0.1, 0.15) is 5.75 Å². The summed E-state index contributed by atoms with van der Waals surface area (Å²) >= 11 is 8.18. The van der Waals surface area contributed by atoms with E-state index in [4.69, 9.17) is 0 Å². The summed E-state index contributed by atoms with van der Waals surface area (Å²) < 4.78 is 4.40. The van der Waals surface area contributed by atoms with E-state index in [1.807, 2.05) is 23.7 Å². The Hall–Kier alpha value is -1.44. The molecule has 0 saturated heterocycles. The lowest BCUT2D eigenvalue weighted by atomic mass is 10.2. The third-order valence-electron chi connectivity index (χ3n) is 3.10. The highest BCUT2D eigenvalue weighted by Crippen LogP contribution is 2.32. The Kier molecular flexibility index (Phi) is 4.46. The van der Waals surface area contributed by atoms with E-state index in [9.17, 15) is 5.11 Å². The van der Waals surface area contributed by atoms with Crippen LogP contribution in [0.2, 0.25) is 0 Å². The monoisotopic (exact) mass is 439 g/mol. The number of phenolic OH excluding ortho intramolecular Hbond substituents is 1. The maximum absolute atomic E-state index is 9.69. The molecule has 112 valence electrons. The van der Waals surface area contributed by atoms with Gasteiger partial charge in [0.25, 0.3) is 0 Å². The van der Waals surface area contributed by atoms with E-state index in [0.29, 0.717) is 8.95 Å². The number of aromatic nitrogens is 1. The van der Waals surface area contributed by atoms with E-state index in [2.05, 4.69) is 54.2 Å². The molecule has 1 aromatic heterocycles. The van der Waals surface area contributed by atoms with Crippen LogP contribution in [0.1, 0.15) is 5.56 Å². The summed E-state index contributed by atoms with van der Waals surface area (Å²) in [5.74, 6) is 0.171. The van der Waals surface area contributed by atoms with Crippen LogP contribution >= 0.6 is 43.2 Å². The summed E-state index contributed by atoms with van der Waals surface area (Å²) in [6.07, 6.45) is 1.65. The standard InChI is InChI=1S/C15H11Br2N3OS/c1-20-12-4-2-3-5-13(12)22-15(20)19-18-8-9-6-10(16)14(21)11(17)7-9/h2-8,21H,1H3/b18-8+,19-15?. The highest BCUT2D eigenvalue weighted by molar-refractivity contribution is 9.11. The highest BCUT2D eigenvalue weighted by atomic mass is 79.9. The molecule has 0 aliphatic heterocycles. The van der Waals surface area contributed by atoms with Crippen molar-refractivity contribution >= 4 is 59.6 Å². The van der Waals surface area contributed by atoms with Gasteiger partial charge in [0.2, 0.25) is 4.80 Å². The van der Waals surface area contributed by atoms with Crippen molar-refractivity contribution in [2.24, 2.45) is 17.3 Å². The fraction of sp³-hybridized carbons (Fsp3) is 0.0667. The molecular weight excluding hydrogens is 430 g/mol. The fourth-order valence-electron chi connectivity index (χ4n) is 1.98. The van der Waals surface area contributed by atoms with Crippen molar-refractivity contribution in [3.05, 3.63) is 55.7 Å². The van der Waals surface area contributed by atoms with Crippen LogP contribution < -0.4 is 4.80 Å². The van der Waals surface area contributed by atoms with Gasteiger partial charge in [-0.25, -0.2) is 0 Å². The van der Waals surface area contributed by atoms with Gasteiger partial charge < -0.3 is 9.67 Å². The minimum atomic E-state index is 0.171. The van der Waals surface area contributed by atoms with Crippen molar-refractivity contribution in [2.45, 2.75) is 0 Å². The van der Waals surface area contributed by atoms with Crippen LogP contribution in [0.5, 0.6) is 5.75 Å². The molecule has 22 heavy (non-hydrogen) atoms. The number of hydrogen-bond donors (Lipinski definition) is 1. The van der Waals surface area contributed by atoms with Crippen molar-refractivity contribution in [1.82, 2.24) is 4.57 Å². The number of rotatable bonds is 2. The summed E-state index contributed by atoms with van der Waals surface area (Å²) in [5.41, 5.74) is 1.97. The molecule has 7 heteroatoms. The molecule has 1 heterocycles. The first-order chi connectivity index (χ1) is 10.6. The largest absolute Gasteiger partial charge is 0.506 e. The van der Waals surface area contributed by atoms with Gasteiger partial charge in [-0.05, 0) is 61.7 Å². The van der Waals surface area contributed by atoms with E-state index in [-0.39, 0.29) is 5.75 Å². The van der Waals surface area contributed by atoms with Crippen molar-refractivity contribution in [1.29, 1.82) is 0 Å². The third kappa shape index (κ3) is 3.02. The van der Waals surface area contributed by atoms with Crippen LogP contribution in [0.4, 0.5) is 0 Å². The molecule has 0 aliphatic carbocycles. The SMILES string of the molecule is Cn1c(=N/N=C/c2cc(Br)c(O)c(Br)c2)sc2ccccc21. The summed E-state index contributed by atoms with van der Waals surface area (Å²) in [5, 5.41) is 18.1. The Labute approximate surface area is 147 Å². The van der Waals surface area contributed by atoms with Crippen LogP contribution in [0.3, 0.4) is 0 Å². The topological polar surface area (TPSA) is 49.9 Å². The summed E-state index contributed by atoms with van der Waals surface area (Å²) in [7, 11) is 1.97. The normalized spacial score (nSPS) is 12.6. The van der Waals surface area contributed by atoms with Crippen molar-refractivity contribution in [3.63, 3.8) is 0 Å². The van der Waals surface area contributed by atoms with Gasteiger partial charge in [0.15, 0.2) is 0 Å². The molecule has 0 aliphatic rings. The van der Waals surface area contributed by atoms with Gasteiger partial charge >= 0.3 is 0 Å². The number of phenols is 1. The van der Waals surface area contributed by atoms with E-state index >= 15 is 0 Å². The number of benzene rings is 2. The van der Waals surface area contributed by atoms with Crippen LogP contribution in [-0.4, -0.2) is 15.9 Å². The first-order valence-corrected chi connectivity index (χ1v) is 8.76. The number of thiazole rings is 1. The lowest BCUT2D eigenvalue weighted by Gasteiger charge is -2.01. The molecule has 3 aromatic rings. The van der Waals surface area contributed by atoms with E-state index < -0.39 is 0 Å². The molecule has 4 nitrogen and oxygen atoms in total. The van der Waals surface area contributed by atoms with Crippen LogP contribution in [-0.2, 0) is 7.05 Å². The molecular formula is C15H11Br2N3OS. The number of para-hydroxylation sites is 1. The summed E-state index contributed by atoms with van der Waals surface area (Å²) in [6.45, 7) is 0. The number of aromatic hydroxyl groups is 1. The molecule has 2 aromatic carbocycles. The van der Waals surface area contributed by atoms with E-state index in [1.165, 1.54) is 4.70 Å². The van der Waals surface area contributed by atoms with E-state index in [1.54, 1.807) is 29.7 Å². The zero-order chi connectivity index (χ0) is 15.7. The lowest BCUT2D eigenvalue weighted by Crippen LogP contribution is -2.08. The summed E-state index contributed by atoms with van der Waals surface area (Å²) in [6, 6.07) is 11.7. The molecule has 0 atom stereocenters. The molecule has 0 fully saturated rings. The molecule has 0 saturated carbocycles. The van der Waals surface area contributed by atoms with Crippen molar-refractivity contribution < 1.29 is 5.11 Å². The Bertz CT molecular complexity index is 920. The second-order valence-electron chi connectivity index (χ2n) is 4.59. The number of hydrogen-bond acceptors (Lipinski definition) is 4. The number of aryl methyl sites for hydroxylation is 1. The van der Waals surface area contributed by atoms with Crippen LogP contribution in [0, 0.1) is 0 Å². The average Bonchev–Trinajstić information content (AvgIpc) is 2.82. The van der Waals surface area contributed by atoms with Gasteiger partial charge in [0.05, 0.1) is 25.4 Å². The Morgan fingerprint density at radius 2 is 1.86 bits per heavy atom. The van der Waals surface area contributed by atoms with E-state index in [0.717, 1.165) is 15.9 Å². The number of fused-ring (bicyclic) bond motifs is 1. The zero-order valence-corrected chi connectivity index (χ0v) is 15.5. The molecule has 0 spiro atoms. The van der Waals surface area contributed by atoms with Crippen LogP contribution in [0.15, 0.2) is 55.5 Å². The maximum atomic E-state index is 9.69. The first-order valence-electron chi connectivity index (χ1n) is 6.36. The number of halogens is 2. The Balaban J connectivity index is 1.97. The third-order valence-corrected chi connectivity index (χ3v) is 5.42. The predicted octanol–water partition coefficient (Wildman–Crippen LogP) is 4.41. The highest BCUT2D eigenvalue weighted by Gasteiger charge is 2.04. The minimum Gasteiger partial charge on any atom is -0.506 e. The predicted molar refractivity (Wildman–Crippen MR) is 97.5 cm³/mol. The Morgan fingerprint density at radius 1 is 1.18 bits per heavy atom. The van der Waals surface area contributed by atoms with Gasteiger partial charge in [-0.1, -0.05) is 23.5 Å². The number of nitrogens with zero attached hydrogens (tertiary/aromatic N) is 3. The van der Waals surface area contributed by atoms with Crippen molar-refractivity contribution in [3.8, 4) is 5.75 Å². The minimum absolute atomic E-state index is 0.171. The molecule has 1 N–H and O–H groups in total. The van der Waals surface area contributed by atoms with Gasteiger partial charge in [-0.3, -0.25) is 0 Å². The zero-order valence-electron chi connectivity index (χ0n) is 11.5. The fourth-order valence-corrected chi connectivity index (χ4v) is 4.18. The van der Waals surface area contributed by atoms with Gasteiger partial charge in [0, 0.05) is 7.05 Å². The second kappa shape index (κ2) is 6.36. The Morgan fingerprint density at radius 3 is 2.55 bits per heavy atom. The maximum Gasteiger partial charge on any atom is 0.211 e. The molecule has 0 amide bonds. The van der Waals surface area contributed by atoms with Gasteiger partial charge in [-0.15, -0.1) is 5.10 Å². The lowest BCUT2D eigenvalue weighted by molar-refractivity contribution is 0.468. The molecule has 0 radical (unpaired) electrons. The molecule has 0 bridgehead atoms. The first kappa shape index (κ1) is 15.5. The molecule has 3 rings (SSSR count). The van der Waals surface area contributed by atoms with Gasteiger partial charge in [-0.2, -0.15) is 5.10 Å². The second-order valence-corrected chi connectivity index (χ2v) is 7.31. The quantitative estimate of drug-likeness (QED) is 0.465. The van der Waals surface area contributed by atoms with Crippen LogP contribution in [0.25, 0.3) is 10.2 Å². The molecule has 0 unspecified atom stereocenters. The average molecular weight is 441 g/mol. The smallest absolute Gasteiger partial charge is 0.211 e. The summed E-state index contributed by atoms with van der Waals surface area (Å²) in [4.78, 5) is 0.828. The van der Waals surface area contributed by atoms with Crippen molar-refractivity contribution in [2.75, 3.05) is 0 Å².